The number of halogens is 3. The first-order valence-electron chi connectivity index (χ1n) is 11.8. The highest BCUT2D eigenvalue weighted by molar-refractivity contribution is 6.09. The molecule has 2 N–H and O–H groups in total. The van der Waals surface area contributed by atoms with Gasteiger partial charge in [-0.2, -0.15) is 13.2 Å². The van der Waals surface area contributed by atoms with E-state index < -0.39 is 41.3 Å². The highest BCUT2D eigenvalue weighted by Crippen LogP contribution is 2.49. The fourth-order valence-electron chi connectivity index (χ4n) is 4.41. The first kappa shape index (κ1) is 27.1. The monoisotopic (exact) mass is 528 g/mol. The number of pyridine rings is 1. The Morgan fingerprint density at radius 3 is 2.21 bits per heavy atom. The van der Waals surface area contributed by atoms with E-state index in [0.717, 1.165) is 11.6 Å². The second kappa shape index (κ2) is 9.43. The summed E-state index contributed by atoms with van der Waals surface area (Å²) in [5.74, 6) is -2.40. The van der Waals surface area contributed by atoms with Crippen molar-refractivity contribution in [3.05, 3.63) is 69.9 Å². The van der Waals surface area contributed by atoms with Crippen LogP contribution in [0, 0.1) is 20.8 Å². The van der Waals surface area contributed by atoms with Crippen LogP contribution < -0.4 is 10.1 Å². The number of ether oxygens (including phenoxy) is 2. The number of carboxylic acid groups (broad SMARTS) is 1. The van der Waals surface area contributed by atoms with Gasteiger partial charge in [-0.05, 0) is 70.4 Å². The van der Waals surface area contributed by atoms with E-state index in [1.165, 1.54) is 0 Å². The molecular formula is C28H27F3N2O5. The number of amides is 1. The number of aliphatic carboxylic acids is 1. The topological polar surface area (TPSA) is 97.8 Å². The van der Waals surface area contributed by atoms with E-state index in [4.69, 9.17) is 9.47 Å². The smallest absolute Gasteiger partial charge is 0.433 e. The summed E-state index contributed by atoms with van der Waals surface area (Å²) < 4.78 is 52.0. The molecule has 0 fully saturated rings. The van der Waals surface area contributed by atoms with Crippen LogP contribution in [0.3, 0.4) is 0 Å². The van der Waals surface area contributed by atoms with Crippen molar-refractivity contribution < 1.29 is 37.3 Å². The number of rotatable bonds is 4. The molecule has 7 nitrogen and oxygen atoms in total. The molecular weight excluding hydrogens is 501 g/mol. The number of carboxylic acids is 1. The van der Waals surface area contributed by atoms with E-state index in [1.807, 2.05) is 31.2 Å². The average Bonchev–Trinajstić information content (AvgIpc) is 2.96. The second-order valence-corrected chi connectivity index (χ2v) is 10.2. The first-order valence-corrected chi connectivity index (χ1v) is 11.8. The molecule has 0 saturated carbocycles. The Kier molecular flexibility index (Phi) is 6.73. The van der Waals surface area contributed by atoms with Crippen LogP contribution in [0.4, 0.5) is 18.9 Å². The highest BCUT2D eigenvalue weighted by atomic mass is 19.4. The zero-order valence-corrected chi connectivity index (χ0v) is 21.7. The lowest BCUT2D eigenvalue weighted by Gasteiger charge is -2.30. The fourth-order valence-corrected chi connectivity index (χ4v) is 4.41. The lowest BCUT2D eigenvalue weighted by molar-refractivity contribution is -0.160. The number of benzene rings is 2. The van der Waals surface area contributed by atoms with E-state index in [9.17, 15) is 27.9 Å². The molecule has 2 heterocycles. The van der Waals surface area contributed by atoms with Crippen molar-refractivity contribution in [2.45, 2.75) is 59.4 Å². The van der Waals surface area contributed by atoms with Gasteiger partial charge in [0.05, 0.1) is 11.3 Å². The van der Waals surface area contributed by atoms with E-state index in [2.05, 4.69) is 10.3 Å². The summed E-state index contributed by atoms with van der Waals surface area (Å²) in [6.07, 6.45) is -6.17. The molecule has 4 rings (SSSR count). The number of carbonyl (C=O) groups is 2. The number of aryl methyl sites for hydroxylation is 1. The first-order chi connectivity index (χ1) is 17.6. The molecule has 0 radical (unpaired) electrons. The molecule has 10 heteroatoms. The van der Waals surface area contributed by atoms with Gasteiger partial charge in [-0.1, -0.05) is 29.8 Å². The van der Waals surface area contributed by atoms with Gasteiger partial charge in [0.15, 0.2) is 11.9 Å². The van der Waals surface area contributed by atoms with Gasteiger partial charge < -0.3 is 19.9 Å². The van der Waals surface area contributed by atoms with Crippen LogP contribution in [0.15, 0.2) is 36.4 Å². The van der Waals surface area contributed by atoms with Crippen LogP contribution in [-0.2, 0) is 15.7 Å². The largest absolute Gasteiger partial charge is 0.479 e. The third-order valence-electron chi connectivity index (χ3n) is 6.12. The molecule has 3 aromatic rings. The highest BCUT2D eigenvalue weighted by Gasteiger charge is 2.38. The molecule has 1 aliphatic heterocycles. The number of aromatic nitrogens is 1. The fraction of sp³-hybridized carbons (Fsp3) is 0.321. The average molecular weight is 529 g/mol. The predicted molar refractivity (Wildman–Crippen MR) is 135 cm³/mol. The van der Waals surface area contributed by atoms with Gasteiger partial charge in [-0.15, -0.1) is 0 Å². The molecule has 0 saturated heterocycles. The third-order valence-corrected chi connectivity index (χ3v) is 6.12. The maximum atomic E-state index is 13.4. The minimum absolute atomic E-state index is 0.0700. The SMILES string of the molecule is Cc1ccc(-c2c(C)c3c(c(C)c2[C@H](OC(C)(C)C)C(=O)O)NC(=O)c2ccc(C(F)(F)F)nc2O3)cc1. The summed E-state index contributed by atoms with van der Waals surface area (Å²) >= 11 is 0. The van der Waals surface area contributed by atoms with Crippen molar-refractivity contribution in [2.24, 2.45) is 0 Å². The quantitative estimate of drug-likeness (QED) is 0.379. The zero-order valence-electron chi connectivity index (χ0n) is 21.7. The molecule has 2 aromatic carbocycles. The molecule has 0 unspecified atom stereocenters. The van der Waals surface area contributed by atoms with Crippen LogP contribution in [0.1, 0.15) is 65.2 Å². The zero-order chi connectivity index (χ0) is 28.2. The molecule has 38 heavy (non-hydrogen) atoms. The molecule has 1 aliphatic rings. The Morgan fingerprint density at radius 2 is 1.66 bits per heavy atom. The number of alkyl halides is 3. The van der Waals surface area contributed by atoms with E-state index >= 15 is 0 Å². The van der Waals surface area contributed by atoms with Crippen molar-refractivity contribution in [2.75, 3.05) is 5.32 Å². The summed E-state index contributed by atoms with van der Waals surface area (Å²) in [5.41, 5.74) is 1.04. The van der Waals surface area contributed by atoms with Gasteiger partial charge in [0.2, 0.25) is 5.88 Å². The molecule has 0 aliphatic carbocycles. The summed E-state index contributed by atoms with van der Waals surface area (Å²) in [6, 6.07) is 9.04. The van der Waals surface area contributed by atoms with Crippen molar-refractivity contribution in [3.63, 3.8) is 0 Å². The molecule has 0 bridgehead atoms. The Hall–Kier alpha value is -3.92. The molecule has 1 amide bonds. The van der Waals surface area contributed by atoms with Crippen molar-refractivity contribution >= 4 is 17.6 Å². The molecule has 0 spiro atoms. The molecule has 200 valence electrons. The summed E-state index contributed by atoms with van der Waals surface area (Å²) in [4.78, 5) is 29.2. The Balaban J connectivity index is 2.05. The van der Waals surface area contributed by atoms with E-state index in [0.29, 0.717) is 33.9 Å². The maximum absolute atomic E-state index is 13.4. The van der Waals surface area contributed by atoms with Crippen LogP contribution in [-0.4, -0.2) is 27.6 Å². The second-order valence-electron chi connectivity index (χ2n) is 10.2. The summed E-state index contributed by atoms with van der Waals surface area (Å²) in [5, 5.41) is 12.9. The van der Waals surface area contributed by atoms with Crippen molar-refractivity contribution in [3.8, 4) is 22.8 Å². The van der Waals surface area contributed by atoms with Gasteiger partial charge in [0, 0.05) is 11.1 Å². The number of hydrogen-bond donors (Lipinski definition) is 2. The Bertz CT molecular complexity index is 1440. The third kappa shape index (κ3) is 5.08. The van der Waals surface area contributed by atoms with Gasteiger partial charge in [0.1, 0.15) is 11.3 Å². The van der Waals surface area contributed by atoms with Gasteiger partial charge in [-0.3, -0.25) is 4.79 Å². The number of nitrogens with one attached hydrogen (secondary N) is 1. The number of hydrogen-bond acceptors (Lipinski definition) is 5. The van der Waals surface area contributed by atoms with Crippen LogP contribution in [0.5, 0.6) is 11.6 Å². The lowest BCUT2D eigenvalue weighted by Crippen LogP contribution is -2.28. The minimum atomic E-state index is -4.75. The summed E-state index contributed by atoms with van der Waals surface area (Å²) in [6.45, 7) is 10.4. The molecule has 1 atom stereocenters. The van der Waals surface area contributed by atoms with Gasteiger partial charge in [-0.25, -0.2) is 9.78 Å². The van der Waals surface area contributed by atoms with Crippen molar-refractivity contribution in [1.82, 2.24) is 4.98 Å². The van der Waals surface area contributed by atoms with Crippen LogP contribution in [0.25, 0.3) is 11.1 Å². The maximum Gasteiger partial charge on any atom is 0.433 e. The Morgan fingerprint density at radius 1 is 1.03 bits per heavy atom. The summed E-state index contributed by atoms with van der Waals surface area (Å²) in [7, 11) is 0. The van der Waals surface area contributed by atoms with E-state index in [-0.39, 0.29) is 17.0 Å². The standard InChI is InChI=1S/C28H27F3N2O5/c1-13-7-9-16(10-8-13)19-15(3)22-21(14(2)20(19)23(26(35)36)38-27(4,5)6)33-24(34)17-11-12-18(28(29,30)31)32-25(17)37-22/h7-12,23H,1-6H3,(H,33,34)(H,35,36)/t23-/m0/s1. The van der Waals surface area contributed by atoms with E-state index in [1.54, 1.807) is 34.6 Å². The van der Waals surface area contributed by atoms with Gasteiger partial charge in [0.25, 0.3) is 5.91 Å². The minimum Gasteiger partial charge on any atom is -0.479 e. The number of anilines is 1. The lowest BCUT2D eigenvalue weighted by atomic mass is 9.86. The van der Waals surface area contributed by atoms with Crippen LogP contribution >= 0.6 is 0 Å². The molecule has 1 aromatic heterocycles. The normalized spacial score (nSPS) is 14.1. The number of carbonyl (C=O) groups excluding carboxylic acids is 1. The van der Waals surface area contributed by atoms with Crippen LogP contribution in [0.2, 0.25) is 0 Å². The Labute approximate surface area is 217 Å². The number of nitrogens with zero attached hydrogens (tertiary/aromatic N) is 1. The van der Waals surface area contributed by atoms with Gasteiger partial charge >= 0.3 is 12.1 Å². The number of fused-ring (bicyclic) bond motifs is 2. The predicted octanol–water partition coefficient (Wildman–Crippen LogP) is 6.99. The van der Waals surface area contributed by atoms with Crippen molar-refractivity contribution in [1.29, 1.82) is 0 Å².